The van der Waals surface area contributed by atoms with Crippen molar-refractivity contribution in [3.05, 3.63) is 51.5 Å². The van der Waals surface area contributed by atoms with Gasteiger partial charge in [0.15, 0.2) is 12.4 Å². The maximum absolute atomic E-state index is 11.9. The van der Waals surface area contributed by atoms with E-state index in [9.17, 15) is 4.79 Å². The number of anilines is 1. The van der Waals surface area contributed by atoms with E-state index >= 15 is 0 Å². The number of para-hydroxylation sites is 2. The third kappa shape index (κ3) is 4.19. The predicted molar refractivity (Wildman–Crippen MR) is 88.6 cm³/mol. The molecule has 0 aromatic heterocycles. The summed E-state index contributed by atoms with van der Waals surface area (Å²) in [5.74, 6) is 0.396. The van der Waals surface area contributed by atoms with Crippen molar-refractivity contribution in [1.82, 2.24) is 0 Å². The lowest BCUT2D eigenvalue weighted by Crippen LogP contribution is -2.20. The lowest BCUT2D eigenvalue weighted by molar-refractivity contribution is -0.118. The van der Waals surface area contributed by atoms with Gasteiger partial charge in [-0.05, 0) is 24.3 Å². The molecule has 0 fully saturated rings. The van der Waals surface area contributed by atoms with Crippen LogP contribution < -0.4 is 14.8 Å². The largest absolute Gasteiger partial charge is 0.495 e. The van der Waals surface area contributed by atoms with Gasteiger partial charge >= 0.3 is 0 Å². The minimum absolute atomic E-state index is 0.211. The van der Waals surface area contributed by atoms with Crippen molar-refractivity contribution >= 4 is 46.4 Å². The van der Waals surface area contributed by atoms with E-state index in [1.54, 1.807) is 24.3 Å². The number of halogens is 3. The molecule has 0 spiro atoms. The SMILES string of the molecule is COc1ccccc1NC(=O)COc1c(Cl)cc(Cl)cc1Cl. The molecule has 0 bridgehead atoms. The fourth-order valence-electron chi connectivity index (χ4n) is 1.74. The van der Waals surface area contributed by atoms with Crippen LogP contribution in [0.2, 0.25) is 15.1 Å². The zero-order valence-corrected chi connectivity index (χ0v) is 13.8. The van der Waals surface area contributed by atoms with E-state index in [0.29, 0.717) is 16.5 Å². The van der Waals surface area contributed by atoms with Crippen LogP contribution >= 0.6 is 34.8 Å². The fourth-order valence-corrected chi connectivity index (χ4v) is 2.66. The average molecular weight is 361 g/mol. The zero-order valence-electron chi connectivity index (χ0n) is 11.5. The second-order valence-electron chi connectivity index (χ2n) is 4.24. The van der Waals surface area contributed by atoms with Gasteiger partial charge in [-0.25, -0.2) is 0 Å². The molecule has 0 atom stereocenters. The van der Waals surface area contributed by atoms with Gasteiger partial charge in [0.2, 0.25) is 0 Å². The molecule has 116 valence electrons. The fraction of sp³-hybridized carbons (Fsp3) is 0.133. The summed E-state index contributed by atoms with van der Waals surface area (Å²) in [6, 6.07) is 10.0. The number of hydrogen-bond acceptors (Lipinski definition) is 3. The van der Waals surface area contributed by atoms with Crippen LogP contribution in [0.5, 0.6) is 11.5 Å². The first-order chi connectivity index (χ1) is 10.5. The van der Waals surface area contributed by atoms with Crippen LogP contribution in [0, 0.1) is 0 Å². The van der Waals surface area contributed by atoms with Gasteiger partial charge in [0.1, 0.15) is 5.75 Å². The summed E-state index contributed by atoms with van der Waals surface area (Å²) in [6.07, 6.45) is 0. The Morgan fingerprint density at radius 1 is 1.14 bits per heavy atom. The number of amides is 1. The standard InChI is InChI=1S/C15H12Cl3NO3/c1-21-13-5-3-2-4-12(13)19-14(20)8-22-15-10(17)6-9(16)7-11(15)18/h2-7H,8H2,1H3,(H,19,20). The van der Waals surface area contributed by atoms with Crippen molar-refractivity contribution in [1.29, 1.82) is 0 Å². The number of hydrogen-bond donors (Lipinski definition) is 1. The van der Waals surface area contributed by atoms with Crippen LogP contribution in [0.25, 0.3) is 0 Å². The summed E-state index contributed by atoms with van der Waals surface area (Å²) in [7, 11) is 1.52. The summed E-state index contributed by atoms with van der Waals surface area (Å²) >= 11 is 17.8. The highest BCUT2D eigenvalue weighted by Crippen LogP contribution is 2.35. The van der Waals surface area contributed by atoms with E-state index in [0.717, 1.165) is 0 Å². The molecule has 7 heteroatoms. The van der Waals surface area contributed by atoms with Gasteiger partial charge in [0, 0.05) is 5.02 Å². The molecule has 1 N–H and O–H groups in total. The number of rotatable bonds is 5. The van der Waals surface area contributed by atoms with Crippen LogP contribution in [-0.2, 0) is 4.79 Å². The van der Waals surface area contributed by atoms with Crippen molar-refractivity contribution in [3.63, 3.8) is 0 Å². The van der Waals surface area contributed by atoms with Gasteiger partial charge in [-0.2, -0.15) is 0 Å². The topological polar surface area (TPSA) is 47.6 Å². The van der Waals surface area contributed by atoms with E-state index in [1.807, 2.05) is 0 Å². The highest BCUT2D eigenvalue weighted by atomic mass is 35.5. The normalized spacial score (nSPS) is 10.2. The van der Waals surface area contributed by atoms with Crippen LogP contribution in [0.4, 0.5) is 5.69 Å². The summed E-state index contributed by atoms with van der Waals surface area (Å²) in [4.78, 5) is 11.9. The number of ether oxygens (including phenoxy) is 2. The minimum atomic E-state index is -0.369. The molecule has 2 aromatic rings. The molecule has 2 aromatic carbocycles. The monoisotopic (exact) mass is 359 g/mol. The lowest BCUT2D eigenvalue weighted by Gasteiger charge is -2.12. The molecule has 0 aliphatic heterocycles. The molecule has 2 rings (SSSR count). The van der Waals surface area contributed by atoms with Gasteiger partial charge in [-0.3, -0.25) is 4.79 Å². The summed E-state index contributed by atoms with van der Waals surface area (Å²) in [5.41, 5.74) is 0.548. The van der Waals surface area contributed by atoms with Gasteiger partial charge in [0.05, 0.1) is 22.8 Å². The molecule has 0 saturated heterocycles. The molecule has 0 heterocycles. The molecule has 1 amide bonds. The van der Waals surface area contributed by atoms with Crippen LogP contribution in [0.3, 0.4) is 0 Å². The molecular formula is C15H12Cl3NO3. The molecule has 0 saturated carbocycles. The number of methoxy groups -OCH3 is 1. The number of carbonyl (C=O) groups is 1. The Hall–Kier alpha value is -1.62. The van der Waals surface area contributed by atoms with Gasteiger partial charge in [-0.15, -0.1) is 0 Å². The highest BCUT2D eigenvalue weighted by Gasteiger charge is 2.12. The quantitative estimate of drug-likeness (QED) is 0.842. The number of carbonyl (C=O) groups excluding carboxylic acids is 1. The first-order valence-electron chi connectivity index (χ1n) is 6.21. The van der Waals surface area contributed by atoms with Crippen LogP contribution in [0.1, 0.15) is 0 Å². The number of benzene rings is 2. The van der Waals surface area contributed by atoms with Crippen molar-refractivity contribution in [2.75, 3.05) is 19.0 Å². The Kier molecular flexibility index (Phi) is 5.77. The molecule has 0 unspecified atom stereocenters. The number of nitrogens with one attached hydrogen (secondary N) is 1. The predicted octanol–water partition coefficient (Wildman–Crippen LogP) is 4.67. The van der Waals surface area contributed by atoms with E-state index in [1.165, 1.54) is 19.2 Å². The maximum Gasteiger partial charge on any atom is 0.262 e. The van der Waals surface area contributed by atoms with Crippen molar-refractivity contribution < 1.29 is 14.3 Å². The first-order valence-corrected chi connectivity index (χ1v) is 7.35. The van der Waals surface area contributed by atoms with Crippen molar-refractivity contribution in [2.24, 2.45) is 0 Å². The molecule has 0 aliphatic carbocycles. The third-order valence-corrected chi connectivity index (χ3v) is 3.47. The summed E-state index contributed by atoms with van der Waals surface area (Å²) in [6.45, 7) is -0.251. The van der Waals surface area contributed by atoms with Crippen molar-refractivity contribution in [2.45, 2.75) is 0 Å². The molecule has 22 heavy (non-hydrogen) atoms. The zero-order chi connectivity index (χ0) is 16.1. The van der Waals surface area contributed by atoms with Gasteiger partial charge in [0.25, 0.3) is 5.91 Å². The lowest BCUT2D eigenvalue weighted by atomic mass is 10.3. The minimum Gasteiger partial charge on any atom is -0.495 e. The van der Waals surface area contributed by atoms with Gasteiger partial charge in [-0.1, -0.05) is 46.9 Å². The van der Waals surface area contributed by atoms with Crippen LogP contribution in [0.15, 0.2) is 36.4 Å². The second-order valence-corrected chi connectivity index (χ2v) is 5.49. The van der Waals surface area contributed by atoms with E-state index in [4.69, 9.17) is 44.3 Å². The summed E-state index contributed by atoms with van der Waals surface area (Å²) in [5, 5.41) is 3.55. The Bertz CT molecular complexity index is 668. The second kappa shape index (κ2) is 7.58. The molecule has 0 aliphatic rings. The third-order valence-electron chi connectivity index (χ3n) is 2.69. The Morgan fingerprint density at radius 3 is 2.41 bits per heavy atom. The molecule has 4 nitrogen and oxygen atoms in total. The highest BCUT2D eigenvalue weighted by molar-refractivity contribution is 6.40. The molecule has 0 radical (unpaired) electrons. The maximum atomic E-state index is 11.9. The first kappa shape index (κ1) is 16.7. The van der Waals surface area contributed by atoms with E-state index < -0.39 is 0 Å². The smallest absolute Gasteiger partial charge is 0.262 e. The Balaban J connectivity index is 2.02. The van der Waals surface area contributed by atoms with E-state index in [-0.39, 0.29) is 28.3 Å². The van der Waals surface area contributed by atoms with Crippen LogP contribution in [-0.4, -0.2) is 19.6 Å². The van der Waals surface area contributed by atoms with Gasteiger partial charge < -0.3 is 14.8 Å². The molecular weight excluding hydrogens is 349 g/mol. The average Bonchev–Trinajstić information content (AvgIpc) is 2.46. The summed E-state index contributed by atoms with van der Waals surface area (Å²) < 4.78 is 10.5. The van der Waals surface area contributed by atoms with E-state index in [2.05, 4.69) is 5.32 Å². The van der Waals surface area contributed by atoms with Crippen molar-refractivity contribution in [3.8, 4) is 11.5 Å². The Labute approximate surface area is 142 Å². The Morgan fingerprint density at radius 2 is 1.77 bits per heavy atom.